The Morgan fingerprint density at radius 3 is 2.94 bits per heavy atom. The van der Waals surface area contributed by atoms with Crippen LogP contribution >= 0.6 is 0 Å². The third kappa shape index (κ3) is 1.43. The minimum Gasteiger partial charge on any atom is -0.497 e. The maximum atomic E-state index is 10.1. The predicted octanol–water partition coefficient (Wildman–Crippen LogP) is 1.36. The summed E-state index contributed by atoms with van der Waals surface area (Å²) in [5, 5.41) is 13.4. The number of ether oxygens (including phenoxy) is 1. The number of hydrogen-bond acceptors (Lipinski definition) is 3. The van der Waals surface area contributed by atoms with Crippen LogP contribution in [0.1, 0.15) is 30.1 Å². The first-order valence-corrected chi connectivity index (χ1v) is 5.82. The zero-order valence-electron chi connectivity index (χ0n) is 9.49. The van der Waals surface area contributed by atoms with Crippen LogP contribution in [0.4, 0.5) is 0 Å². The molecule has 16 heavy (non-hydrogen) atoms. The van der Waals surface area contributed by atoms with E-state index in [0.717, 1.165) is 17.9 Å². The van der Waals surface area contributed by atoms with Crippen LogP contribution in [0.3, 0.4) is 0 Å². The average Bonchev–Trinajstić information content (AvgIpc) is 3.10. The minimum atomic E-state index is -0.388. The standard InChI is InChI=1S/C13H17NO2/c1-16-9-2-3-10-11(6-9)13(4-5-13)8-14-7-12(10)15/h2-3,6,12,14-15H,4-5,7-8H2,1H3. The first-order chi connectivity index (χ1) is 7.75. The van der Waals surface area contributed by atoms with Crippen LogP contribution in [0, 0.1) is 0 Å². The second-order valence-electron chi connectivity index (χ2n) is 4.88. The molecule has 1 unspecified atom stereocenters. The van der Waals surface area contributed by atoms with Crippen molar-refractivity contribution in [1.29, 1.82) is 0 Å². The van der Waals surface area contributed by atoms with Gasteiger partial charge in [0.1, 0.15) is 5.75 Å². The van der Waals surface area contributed by atoms with Crippen LogP contribution in [0.15, 0.2) is 18.2 Å². The molecule has 1 aromatic rings. The quantitative estimate of drug-likeness (QED) is 0.749. The highest BCUT2D eigenvalue weighted by molar-refractivity contribution is 5.46. The Labute approximate surface area is 95.4 Å². The summed E-state index contributed by atoms with van der Waals surface area (Å²) in [4.78, 5) is 0. The summed E-state index contributed by atoms with van der Waals surface area (Å²) in [6, 6.07) is 6.04. The van der Waals surface area contributed by atoms with Crippen LogP contribution in [0.5, 0.6) is 5.75 Å². The Bertz CT molecular complexity index is 412. The maximum absolute atomic E-state index is 10.1. The average molecular weight is 219 g/mol. The third-order valence-electron chi connectivity index (χ3n) is 3.85. The molecule has 0 bridgehead atoms. The second-order valence-corrected chi connectivity index (χ2v) is 4.88. The molecule has 3 heteroatoms. The Morgan fingerprint density at radius 2 is 2.25 bits per heavy atom. The van der Waals surface area contributed by atoms with Crippen molar-refractivity contribution < 1.29 is 9.84 Å². The fourth-order valence-electron chi connectivity index (χ4n) is 2.66. The van der Waals surface area contributed by atoms with Crippen LogP contribution < -0.4 is 10.1 Å². The van der Waals surface area contributed by atoms with E-state index in [1.165, 1.54) is 18.4 Å². The van der Waals surface area contributed by atoms with Gasteiger partial charge in [-0.25, -0.2) is 0 Å². The highest BCUT2D eigenvalue weighted by atomic mass is 16.5. The number of β-amino-alcohol motifs (C(OH)–C–C–N with tert-alkyl or cyclic N) is 1. The van der Waals surface area contributed by atoms with Crippen molar-refractivity contribution in [1.82, 2.24) is 5.32 Å². The monoisotopic (exact) mass is 219 g/mol. The van der Waals surface area contributed by atoms with Gasteiger partial charge < -0.3 is 15.2 Å². The van der Waals surface area contributed by atoms with Crippen LogP contribution in [-0.2, 0) is 5.41 Å². The zero-order valence-corrected chi connectivity index (χ0v) is 9.49. The van der Waals surface area contributed by atoms with E-state index >= 15 is 0 Å². The Hall–Kier alpha value is -1.06. The molecule has 1 aliphatic carbocycles. The highest BCUT2D eigenvalue weighted by Crippen LogP contribution is 2.51. The van der Waals surface area contributed by atoms with Crippen molar-refractivity contribution >= 4 is 0 Å². The fourth-order valence-corrected chi connectivity index (χ4v) is 2.66. The third-order valence-corrected chi connectivity index (χ3v) is 3.85. The predicted molar refractivity (Wildman–Crippen MR) is 61.7 cm³/mol. The van der Waals surface area contributed by atoms with E-state index in [-0.39, 0.29) is 11.5 Å². The molecule has 1 fully saturated rings. The Morgan fingerprint density at radius 1 is 1.44 bits per heavy atom. The zero-order chi connectivity index (χ0) is 11.2. The van der Waals surface area contributed by atoms with E-state index in [1.54, 1.807) is 7.11 Å². The van der Waals surface area contributed by atoms with Gasteiger partial charge in [-0.05, 0) is 36.1 Å². The van der Waals surface area contributed by atoms with Crippen LogP contribution in [-0.4, -0.2) is 25.3 Å². The number of aliphatic hydroxyl groups is 1. The van der Waals surface area contributed by atoms with Gasteiger partial charge in [-0.15, -0.1) is 0 Å². The molecule has 1 aromatic carbocycles. The van der Waals surface area contributed by atoms with Gasteiger partial charge in [0.15, 0.2) is 0 Å². The molecule has 1 aliphatic heterocycles. The number of hydrogen-bond donors (Lipinski definition) is 2. The summed E-state index contributed by atoms with van der Waals surface area (Å²) in [7, 11) is 1.69. The molecule has 1 atom stereocenters. The van der Waals surface area contributed by atoms with Crippen LogP contribution in [0.25, 0.3) is 0 Å². The lowest BCUT2D eigenvalue weighted by molar-refractivity contribution is 0.178. The maximum Gasteiger partial charge on any atom is 0.119 e. The molecule has 0 saturated heterocycles. The van der Waals surface area contributed by atoms with E-state index in [9.17, 15) is 5.11 Å². The summed E-state index contributed by atoms with van der Waals surface area (Å²) < 4.78 is 5.28. The fraction of sp³-hybridized carbons (Fsp3) is 0.538. The molecule has 1 spiro atoms. The van der Waals surface area contributed by atoms with E-state index < -0.39 is 0 Å². The van der Waals surface area contributed by atoms with E-state index in [0.29, 0.717) is 6.54 Å². The molecule has 2 aliphatic rings. The summed E-state index contributed by atoms with van der Waals surface area (Å²) in [5.74, 6) is 0.888. The van der Waals surface area contributed by atoms with Gasteiger partial charge in [0, 0.05) is 18.5 Å². The number of fused-ring (bicyclic) bond motifs is 2. The highest BCUT2D eigenvalue weighted by Gasteiger charge is 2.47. The summed E-state index contributed by atoms with van der Waals surface area (Å²) >= 11 is 0. The minimum absolute atomic E-state index is 0.265. The Balaban J connectivity index is 2.12. The van der Waals surface area contributed by atoms with Crippen molar-refractivity contribution in [2.24, 2.45) is 0 Å². The Kier molecular flexibility index (Phi) is 2.19. The molecule has 0 radical (unpaired) electrons. The summed E-state index contributed by atoms with van der Waals surface area (Å²) in [5.41, 5.74) is 2.62. The first kappa shape index (κ1) is 10.1. The lowest BCUT2D eigenvalue weighted by Crippen LogP contribution is -2.25. The molecular formula is C13H17NO2. The second kappa shape index (κ2) is 3.47. The van der Waals surface area contributed by atoms with E-state index in [4.69, 9.17) is 4.74 Å². The number of nitrogens with one attached hydrogen (secondary N) is 1. The lowest BCUT2D eigenvalue weighted by Gasteiger charge is -2.17. The van der Waals surface area contributed by atoms with Gasteiger partial charge in [-0.1, -0.05) is 6.07 Å². The normalized spacial score (nSPS) is 26.0. The van der Waals surface area contributed by atoms with Crippen molar-refractivity contribution in [3.05, 3.63) is 29.3 Å². The smallest absolute Gasteiger partial charge is 0.119 e. The molecule has 3 rings (SSSR count). The molecular weight excluding hydrogens is 202 g/mol. The summed E-state index contributed by atoms with van der Waals surface area (Å²) in [6.07, 6.45) is 2.04. The molecule has 0 aromatic heterocycles. The first-order valence-electron chi connectivity index (χ1n) is 5.82. The molecule has 1 saturated carbocycles. The topological polar surface area (TPSA) is 41.5 Å². The van der Waals surface area contributed by atoms with Crippen molar-refractivity contribution in [2.45, 2.75) is 24.4 Å². The SMILES string of the molecule is COc1ccc2c(c1)C1(CC1)CNCC2O. The van der Waals surface area contributed by atoms with Gasteiger partial charge in [-0.2, -0.15) is 0 Å². The van der Waals surface area contributed by atoms with Gasteiger partial charge >= 0.3 is 0 Å². The molecule has 0 amide bonds. The number of rotatable bonds is 1. The van der Waals surface area contributed by atoms with Gasteiger partial charge in [0.05, 0.1) is 13.2 Å². The van der Waals surface area contributed by atoms with Crippen LogP contribution in [0.2, 0.25) is 0 Å². The molecule has 1 heterocycles. The van der Waals surface area contributed by atoms with E-state index in [1.807, 2.05) is 12.1 Å². The lowest BCUT2D eigenvalue weighted by atomic mass is 9.90. The van der Waals surface area contributed by atoms with Gasteiger partial charge in [0.2, 0.25) is 0 Å². The molecule has 86 valence electrons. The van der Waals surface area contributed by atoms with Gasteiger partial charge in [0.25, 0.3) is 0 Å². The summed E-state index contributed by atoms with van der Waals surface area (Å²) in [6.45, 7) is 1.63. The van der Waals surface area contributed by atoms with E-state index in [2.05, 4.69) is 11.4 Å². The largest absolute Gasteiger partial charge is 0.497 e. The molecule has 2 N–H and O–H groups in total. The van der Waals surface area contributed by atoms with Gasteiger partial charge in [-0.3, -0.25) is 0 Å². The molecule has 3 nitrogen and oxygen atoms in total. The number of aliphatic hydroxyl groups excluding tert-OH is 1. The van der Waals surface area contributed by atoms with Crippen molar-refractivity contribution in [3.8, 4) is 5.75 Å². The van der Waals surface area contributed by atoms with Crippen molar-refractivity contribution in [3.63, 3.8) is 0 Å². The van der Waals surface area contributed by atoms with Crippen molar-refractivity contribution in [2.75, 3.05) is 20.2 Å². The number of methoxy groups -OCH3 is 1. The number of benzene rings is 1.